The average molecular weight is 285 g/mol. The maximum Gasteiger partial charge on any atom is 0.125 e. The lowest BCUT2D eigenvalue weighted by Crippen LogP contribution is -2.05. The lowest BCUT2D eigenvalue weighted by molar-refractivity contribution is 0.212. The number of pyridine rings is 1. The van der Waals surface area contributed by atoms with E-state index in [2.05, 4.69) is 4.98 Å². The van der Waals surface area contributed by atoms with Gasteiger partial charge in [0.05, 0.1) is 7.11 Å². The van der Waals surface area contributed by atoms with Crippen molar-refractivity contribution in [1.82, 2.24) is 4.98 Å². The molecule has 2 heterocycles. The first-order chi connectivity index (χ1) is 10.1. The first kappa shape index (κ1) is 13.9. The second-order valence-corrected chi connectivity index (χ2v) is 5.53. The van der Waals surface area contributed by atoms with Crippen molar-refractivity contribution in [1.29, 1.82) is 0 Å². The predicted molar refractivity (Wildman–Crippen MR) is 79.8 cm³/mol. The Morgan fingerprint density at radius 1 is 1.33 bits per heavy atom. The number of rotatable bonds is 3. The number of benzene rings is 1. The van der Waals surface area contributed by atoms with Gasteiger partial charge >= 0.3 is 0 Å². The quantitative estimate of drug-likeness (QED) is 0.942. The highest BCUT2D eigenvalue weighted by Crippen LogP contribution is 2.39. The molecule has 2 unspecified atom stereocenters. The molecule has 1 aliphatic heterocycles. The van der Waals surface area contributed by atoms with Gasteiger partial charge in [0.15, 0.2) is 0 Å². The molecule has 0 radical (unpaired) electrons. The lowest BCUT2D eigenvalue weighted by atomic mass is 9.98. The molecule has 0 spiro atoms. The van der Waals surface area contributed by atoms with E-state index in [4.69, 9.17) is 9.47 Å². The fraction of sp³-hybridized carbons (Fsp3) is 0.353. The Bertz CT molecular complexity index is 669. The van der Waals surface area contributed by atoms with Crippen LogP contribution < -0.4 is 9.47 Å². The minimum Gasteiger partial charge on any atom is -0.496 e. The van der Waals surface area contributed by atoms with Gasteiger partial charge in [0.25, 0.3) is 0 Å². The van der Waals surface area contributed by atoms with Crippen LogP contribution in [-0.4, -0.2) is 23.3 Å². The molecular weight excluding hydrogens is 266 g/mol. The van der Waals surface area contributed by atoms with Crippen LogP contribution in [0.25, 0.3) is 0 Å². The highest BCUT2D eigenvalue weighted by Gasteiger charge is 2.25. The molecule has 2 atom stereocenters. The van der Waals surface area contributed by atoms with Crippen molar-refractivity contribution in [2.75, 3.05) is 7.11 Å². The molecule has 1 aromatic carbocycles. The fourth-order valence-corrected chi connectivity index (χ4v) is 2.75. The summed E-state index contributed by atoms with van der Waals surface area (Å²) in [5.74, 6) is 1.51. The Hall–Kier alpha value is -2.07. The van der Waals surface area contributed by atoms with Crippen LogP contribution in [0.3, 0.4) is 0 Å². The van der Waals surface area contributed by atoms with Gasteiger partial charge < -0.3 is 14.6 Å². The summed E-state index contributed by atoms with van der Waals surface area (Å²) in [5.41, 5.74) is 3.59. The minimum absolute atomic E-state index is 0.165. The number of ether oxygens (including phenoxy) is 2. The number of aliphatic hydroxyl groups is 1. The van der Waals surface area contributed by atoms with E-state index in [1.807, 2.05) is 32.0 Å². The molecule has 0 amide bonds. The van der Waals surface area contributed by atoms with E-state index in [-0.39, 0.29) is 6.10 Å². The van der Waals surface area contributed by atoms with E-state index in [0.717, 1.165) is 28.9 Å². The van der Waals surface area contributed by atoms with Crippen LogP contribution in [0.15, 0.2) is 30.6 Å². The van der Waals surface area contributed by atoms with Crippen LogP contribution in [0.1, 0.15) is 35.3 Å². The van der Waals surface area contributed by atoms with Crippen LogP contribution in [0, 0.1) is 6.92 Å². The second-order valence-electron chi connectivity index (χ2n) is 5.53. The highest BCUT2D eigenvalue weighted by molar-refractivity contribution is 5.51. The molecule has 0 saturated carbocycles. The van der Waals surface area contributed by atoms with E-state index in [1.165, 1.54) is 0 Å². The molecule has 110 valence electrons. The molecular formula is C17H19NO3. The van der Waals surface area contributed by atoms with Crippen molar-refractivity contribution < 1.29 is 14.6 Å². The summed E-state index contributed by atoms with van der Waals surface area (Å²) in [6, 6.07) is 5.76. The van der Waals surface area contributed by atoms with Gasteiger partial charge in [0.2, 0.25) is 0 Å². The third kappa shape index (κ3) is 2.59. The van der Waals surface area contributed by atoms with Crippen LogP contribution in [0.4, 0.5) is 0 Å². The molecule has 21 heavy (non-hydrogen) atoms. The Morgan fingerprint density at radius 3 is 2.86 bits per heavy atom. The lowest BCUT2D eigenvalue weighted by Gasteiger charge is -2.16. The zero-order valence-corrected chi connectivity index (χ0v) is 12.5. The van der Waals surface area contributed by atoms with Gasteiger partial charge in [-0.05, 0) is 31.5 Å². The third-order valence-electron chi connectivity index (χ3n) is 3.75. The standard InChI is InChI=1S/C17H19NO3/c1-10-4-13(9-18-8-10)17(19)14-7-15-12(5-11(2)21-15)6-16(14)20-3/h4,6-9,11,17,19H,5H2,1-3H3. The first-order valence-electron chi connectivity index (χ1n) is 7.05. The number of methoxy groups -OCH3 is 1. The van der Waals surface area contributed by atoms with E-state index >= 15 is 0 Å². The van der Waals surface area contributed by atoms with E-state index in [9.17, 15) is 5.11 Å². The average Bonchev–Trinajstić information content (AvgIpc) is 2.84. The smallest absolute Gasteiger partial charge is 0.125 e. The molecule has 0 aliphatic carbocycles. The summed E-state index contributed by atoms with van der Waals surface area (Å²) >= 11 is 0. The summed E-state index contributed by atoms with van der Waals surface area (Å²) in [6.07, 6.45) is 3.69. The van der Waals surface area contributed by atoms with Gasteiger partial charge in [0, 0.05) is 35.5 Å². The van der Waals surface area contributed by atoms with Gasteiger partial charge in [-0.2, -0.15) is 0 Å². The molecule has 3 rings (SSSR count). The summed E-state index contributed by atoms with van der Waals surface area (Å²) in [4.78, 5) is 4.14. The van der Waals surface area contributed by atoms with Crippen molar-refractivity contribution in [2.45, 2.75) is 32.5 Å². The maximum absolute atomic E-state index is 10.6. The summed E-state index contributed by atoms with van der Waals surface area (Å²) in [5, 5.41) is 10.6. The van der Waals surface area contributed by atoms with E-state index < -0.39 is 6.10 Å². The largest absolute Gasteiger partial charge is 0.496 e. The van der Waals surface area contributed by atoms with Crippen molar-refractivity contribution >= 4 is 0 Å². The molecule has 0 bridgehead atoms. The second kappa shape index (κ2) is 5.37. The molecule has 1 N–H and O–H groups in total. The number of fused-ring (bicyclic) bond motifs is 1. The van der Waals surface area contributed by atoms with Crippen molar-refractivity contribution in [2.24, 2.45) is 0 Å². The first-order valence-corrected chi connectivity index (χ1v) is 7.05. The monoisotopic (exact) mass is 285 g/mol. The number of aliphatic hydroxyl groups excluding tert-OH is 1. The molecule has 4 heteroatoms. The molecule has 2 aromatic rings. The van der Waals surface area contributed by atoms with Crippen LogP contribution >= 0.6 is 0 Å². The highest BCUT2D eigenvalue weighted by atomic mass is 16.5. The van der Waals surface area contributed by atoms with Gasteiger partial charge in [-0.15, -0.1) is 0 Å². The molecule has 0 fully saturated rings. The minimum atomic E-state index is -0.780. The molecule has 0 saturated heterocycles. The number of aryl methyl sites for hydroxylation is 1. The SMILES string of the molecule is COc1cc2c(cc1C(O)c1cncc(C)c1)OC(C)C2. The van der Waals surface area contributed by atoms with Crippen LogP contribution in [0.2, 0.25) is 0 Å². The zero-order valence-electron chi connectivity index (χ0n) is 12.5. The number of nitrogens with zero attached hydrogens (tertiary/aromatic N) is 1. The summed E-state index contributed by atoms with van der Waals surface area (Å²) in [7, 11) is 1.62. The Labute approximate surface area is 124 Å². The predicted octanol–water partition coefficient (Wildman–Crippen LogP) is 2.80. The number of hydrogen-bond donors (Lipinski definition) is 1. The van der Waals surface area contributed by atoms with Gasteiger partial charge in [-0.3, -0.25) is 4.98 Å². The fourth-order valence-electron chi connectivity index (χ4n) is 2.75. The molecule has 4 nitrogen and oxygen atoms in total. The summed E-state index contributed by atoms with van der Waals surface area (Å²) in [6.45, 7) is 3.99. The Balaban J connectivity index is 2.03. The Morgan fingerprint density at radius 2 is 2.14 bits per heavy atom. The molecule has 1 aliphatic rings. The topological polar surface area (TPSA) is 51.6 Å². The third-order valence-corrected chi connectivity index (χ3v) is 3.75. The Kier molecular flexibility index (Phi) is 3.55. The number of hydrogen-bond acceptors (Lipinski definition) is 4. The zero-order chi connectivity index (χ0) is 15.0. The van der Waals surface area contributed by atoms with Gasteiger partial charge in [0.1, 0.15) is 23.7 Å². The van der Waals surface area contributed by atoms with Crippen LogP contribution in [0.5, 0.6) is 11.5 Å². The van der Waals surface area contributed by atoms with Gasteiger partial charge in [-0.25, -0.2) is 0 Å². The number of aromatic nitrogens is 1. The normalized spacial score (nSPS) is 18.0. The summed E-state index contributed by atoms with van der Waals surface area (Å²) < 4.78 is 11.2. The molecule has 1 aromatic heterocycles. The van der Waals surface area contributed by atoms with Crippen LogP contribution in [-0.2, 0) is 6.42 Å². The van der Waals surface area contributed by atoms with Gasteiger partial charge in [-0.1, -0.05) is 6.07 Å². The van der Waals surface area contributed by atoms with Crippen molar-refractivity contribution in [3.8, 4) is 11.5 Å². The maximum atomic E-state index is 10.6. The van der Waals surface area contributed by atoms with E-state index in [0.29, 0.717) is 11.3 Å². The van der Waals surface area contributed by atoms with E-state index in [1.54, 1.807) is 19.5 Å². The van der Waals surface area contributed by atoms with Crippen molar-refractivity contribution in [3.05, 3.63) is 52.8 Å². The van der Waals surface area contributed by atoms with Crippen molar-refractivity contribution in [3.63, 3.8) is 0 Å².